The van der Waals surface area contributed by atoms with Crippen LogP contribution in [-0.4, -0.2) is 23.1 Å². The maximum Gasteiger partial charge on any atom is 0.251 e. The summed E-state index contributed by atoms with van der Waals surface area (Å²) in [6.45, 7) is 1.20. The Bertz CT molecular complexity index is 971. The summed E-state index contributed by atoms with van der Waals surface area (Å²) in [5.74, 6) is 2.39. The van der Waals surface area contributed by atoms with Crippen LogP contribution in [0.4, 0.5) is 5.69 Å². The van der Waals surface area contributed by atoms with Gasteiger partial charge in [0, 0.05) is 24.6 Å². The van der Waals surface area contributed by atoms with Gasteiger partial charge in [0.1, 0.15) is 11.5 Å². The van der Waals surface area contributed by atoms with E-state index >= 15 is 0 Å². The van der Waals surface area contributed by atoms with Crippen LogP contribution < -0.4 is 14.8 Å². The quantitative estimate of drug-likeness (QED) is 0.581. The van der Waals surface area contributed by atoms with Gasteiger partial charge in [0.25, 0.3) is 5.79 Å². The Hall–Kier alpha value is -3.19. The zero-order valence-electron chi connectivity index (χ0n) is 17.3. The second-order valence-corrected chi connectivity index (χ2v) is 8.19. The average molecular weight is 422 g/mol. The highest BCUT2D eigenvalue weighted by molar-refractivity contribution is 5.92. The summed E-state index contributed by atoms with van der Waals surface area (Å²) in [5, 5.41) is 2.98. The minimum atomic E-state index is -0.522. The van der Waals surface area contributed by atoms with Crippen LogP contribution in [0.3, 0.4) is 0 Å². The molecule has 2 aromatic heterocycles. The number of fused-ring (bicyclic) bond motifs is 1. The lowest BCUT2D eigenvalue weighted by molar-refractivity contribution is -0.117. The Morgan fingerprint density at radius 3 is 2.23 bits per heavy atom. The number of hydrogen-bond donors (Lipinski definition) is 1. The van der Waals surface area contributed by atoms with Crippen molar-refractivity contribution in [3.05, 3.63) is 66.5 Å². The summed E-state index contributed by atoms with van der Waals surface area (Å²) in [5.41, 5.74) is 0.691. The maximum absolute atomic E-state index is 12.8. The number of carbonyl (C=O) groups is 1. The van der Waals surface area contributed by atoms with Crippen LogP contribution in [0.1, 0.15) is 43.6 Å². The van der Waals surface area contributed by atoms with E-state index in [2.05, 4.69) is 5.32 Å². The van der Waals surface area contributed by atoms with Crippen LogP contribution in [0.2, 0.25) is 0 Å². The largest absolute Gasteiger partial charge is 0.468 e. The summed E-state index contributed by atoms with van der Waals surface area (Å²) in [7, 11) is 0. The van der Waals surface area contributed by atoms with Crippen molar-refractivity contribution in [2.24, 2.45) is 0 Å². The molecule has 3 aromatic rings. The van der Waals surface area contributed by atoms with Crippen molar-refractivity contribution in [3.63, 3.8) is 0 Å². The third kappa shape index (κ3) is 4.61. The van der Waals surface area contributed by atoms with E-state index in [1.165, 1.54) is 6.42 Å². The fraction of sp³-hybridized carbons (Fsp3) is 0.375. The molecule has 1 aliphatic heterocycles. The zero-order valence-corrected chi connectivity index (χ0v) is 17.3. The first-order chi connectivity index (χ1) is 15.2. The SMILES string of the molecule is O=C(CN(Cc1ccco1)Cc1ccco1)Nc1ccc2c(c1)OC1(CCCCC1)O2. The molecule has 0 saturated heterocycles. The number of amides is 1. The number of hydrogen-bond acceptors (Lipinski definition) is 6. The van der Waals surface area contributed by atoms with Crippen molar-refractivity contribution in [2.75, 3.05) is 11.9 Å². The molecule has 0 bridgehead atoms. The Labute approximate surface area is 180 Å². The van der Waals surface area contributed by atoms with Gasteiger partial charge in [-0.15, -0.1) is 0 Å². The van der Waals surface area contributed by atoms with Gasteiger partial charge in [-0.2, -0.15) is 0 Å². The van der Waals surface area contributed by atoms with Gasteiger partial charge in [-0.05, 0) is 49.2 Å². The lowest BCUT2D eigenvalue weighted by atomic mass is 9.94. The predicted octanol–water partition coefficient (Wildman–Crippen LogP) is 4.95. The molecule has 0 unspecified atom stereocenters. The molecule has 0 atom stereocenters. The molecular formula is C24H26N2O5. The van der Waals surface area contributed by atoms with Crippen LogP contribution in [0.15, 0.2) is 63.8 Å². The van der Waals surface area contributed by atoms with E-state index in [1.807, 2.05) is 47.4 Å². The third-order valence-electron chi connectivity index (χ3n) is 5.72. The predicted molar refractivity (Wildman–Crippen MR) is 114 cm³/mol. The van der Waals surface area contributed by atoms with Crippen molar-refractivity contribution < 1.29 is 23.1 Å². The van der Waals surface area contributed by atoms with Crippen molar-refractivity contribution in [2.45, 2.75) is 51.0 Å². The standard InChI is InChI=1S/C24H26N2O5/c27-23(17-26(15-19-6-4-12-28-19)16-20-7-5-13-29-20)25-18-8-9-21-22(14-18)31-24(30-21)10-2-1-3-11-24/h4-9,12-14H,1-3,10-11,15-17H2,(H,25,27). The number of nitrogens with zero attached hydrogens (tertiary/aromatic N) is 1. The second-order valence-electron chi connectivity index (χ2n) is 8.19. The highest BCUT2D eigenvalue weighted by atomic mass is 16.7. The molecule has 3 heterocycles. The molecule has 1 N–H and O–H groups in total. The average Bonchev–Trinajstić information content (AvgIpc) is 3.50. The number of anilines is 1. The van der Waals surface area contributed by atoms with Gasteiger partial charge in [-0.25, -0.2) is 0 Å². The Kier molecular flexibility index (Phi) is 5.42. The summed E-state index contributed by atoms with van der Waals surface area (Å²) in [6.07, 6.45) is 8.50. The number of furan rings is 2. The number of benzene rings is 1. The van der Waals surface area contributed by atoms with Crippen LogP contribution in [0, 0.1) is 0 Å². The number of nitrogens with one attached hydrogen (secondary N) is 1. The molecule has 0 radical (unpaired) electrons. The Morgan fingerprint density at radius 1 is 0.903 bits per heavy atom. The normalized spacial score (nSPS) is 16.7. The molecule has 5 rings (SSSR count). The Balaban J connectivity index is 1.23. The van der Waals surface area contributed by atoms with Gasteiger partial charge in [-0.1, -0.05) is 6.42 Å². The second kappa shape index (κ2) is 8.51. The van der Waals surface area contributed by atoms with Crippen LogP contribution in [0.25, 0.3) is 0 Å². The summed E-state index contributed by atoms with van der Waals surface area (Å²) >= 11 is 0. The maximum atomic E-state index is 12.8. The van der Waals surface area contributed by atoms with Gasteiger partial charge >= 0.3 is 0 Å². The topological polar surface area (TPSA) is 77.1 Å². The van der Waals surface area contributed by atoms with E-state index in [0.29, 0.717) is 24.5 Å². The third-order valence-corrected chi connectivity index (χ3v) is 5.72. The molecule has 7 nitrogen and oxygen atoms in total. The molecule has 162 valence electrons. The molecule has 1 saturated carbocycles. The molecule has 1 fully saturated rings. The first-order valence-electron chi connectivity index (χ1n) is 10.8. The van der Waals surface area contributed by atoms with Gasteiger partial charge < -0.3 is 23.6 Å². The van der Waals surface area contributed by atoms with E-state index < -0.39 is 5.79 Å². The van der Waals surface area contributed by atoms with Gasteiger partial charge in [-0.3, -0.25) is 9.69 Å². The van der Waals surface area contributed by atoms with E-state index in [1.54, 1.807) is 12.5 Å². The van der Waals surface area contributed by atoms with Crippen LogP contribution in [0.5, 0.6) is 11.5 Å². The van der Waals surface area contributed by atoms with E-state index in [4.69, 9.17) is 18.3 Å². The highest BCUT2D eigenvalue weighted by Gasteiger charge is 2.42. The fourth-order valence-electron chi connectivity index (χ4n) is 4.28. The molecule has 7 heteroatoms. The monoisotopic (exact) mass is 422 g/mol. The van der Waals surface area contributed by atoms with E-state index in [-0.39, 0.29) is 12.5 Å². The molecule has 1 spiro atoms. The molecule has 1 amide bonds. The van der Waals surface area contributed by atoms with Gasteiger partial charge in [0.2, 0.25) is 5.91 Å². The van der Waals surface area contributed by atoms with Crippen molar-refractivity contribution in [1.29, 1.82) is 0 Å². The molecule has 2 aliphatic rings. The lowest BCUT2D eigenvalue weighted by Crippen LogP contribution is -2.40. The van der Waals surface area contributed by atoms with Crippen LogP contribution >= 0.6 is 0 Å². The first-order valence-corrected chi connectivity index (χ1v) is 10.8. The summed E-state index contributed by atoms with van der Waals surface area (Å²) < 4.78 is 23.2. The van der Waals surface area contributed by atoms with Crippen molar-refractivity contribution in [1.82, 2.24) is 4.90 Å². The van der Waals surface area contributed by atoms with Gasteiger partial charge in [0.05, 0.1) is 32.2 Å². The molecule has 31 heavy (non-hydrogen) atoms. The first kappa shape index (κ1) is 19.8. The summed E-state index contributed by atoms with van der Waals surface area (Å²) in [6, 6.07) is 13.0. The number of carbonyl (C=O) groups excluding carboxylic acids is 1. The van der Waals surface area contributed by atoms with Crippen molar-refractivity contribution in [3.8, 4) is 11.5 Å². The smallest absolute Gasteiger partial charge is 0.251 e. The number of rotatable bonds is 7. The molecule has 1 aromatic carbocycles. The van der Waals surface area contributed by atoms with Gasteiger partial charge in [0.15, 0.2) is 11.5 Å². The minimum Gasteiger partial charge on any atom is -0.468 e. The zero-order chi connectivity index (χ0) is 21.1. The number of ether oxygens (including phenoxy) is 2. The lowest BCUT2D eigenvalue weighted by Gasteiger charge is -2.31. The molecular weight excluding hydrogens is 396 g/mol. The van der Waals surface area contributed by atoms with E-state index in [9.17, 15) is 4.79 Å². The minimum absolute atomic E-state index is 0.121. The highest BCUT2D eigenvalue weighted by Crippen LogP contribution is 2.46. The fourth-order valence-corrected chi connectivity index (χ4v) is 4.28. The Morgan fingerprint density at radius 2 is 1.58 bits per heavy atom. The van der Waals surface area contributed by atoms with Crippen LogP contribution in [-0.2, 0) is 17.9 Å². The van der Waals surface area contributed by atoms with Crippen molar-refractivity contribution >= 4 is 11.6 Å². The van der Waals surface area contributed by atoms with E-state index in [0.717, 1.165) is 43.0 Å². The summed E-state index contributed by atoms with van der Waals surface area (Å²) in [4.78, 5) is 14.8. The molecule has 1 aliphatic carbocycles.